The number of nitrogens with zero attached hydrogens (tertiary/aromatic N) is 1. The summed E-state index contributed by atoms with van der Waals surface area (Å²) in [6.45, 7) is 9.67. The topological polar surface area (TPSA) is 47.6 Å². The second-order valence-electron chi connectivity index (χ2n) is 3.48. The Morgan fingerprint density at radius 2 is 1.85 bits per heavy atom. The zero-order chi connectivity index (χ0) is 10.4. The number of nitrogens with two attached hydrogens (primary N) is 1. The summed E-state index contributed by atoms with van der Waals surface area (Å²) in [6.07, 6.45) is 1.93. The molecule has 0 aromatic carbocycles. The van der Waals surface area contributed by atoms with Crippen LogP contribution in [0.25, 0.3) is 0 Å². The van der Waals surface area contributed by atoms with Crippen molar-refractivity contribution in [2.24, 2.45) is 10.7 Å². The van der Waals surface area contributed by atoms with Crippen molar-refractivity contribution in [3.05, 3.63) is 11.8 Å². The standard InChI is InChI=1S/C10H20N2O/c1-7(2)13-10(5)12-6-8(3)9(4)11/h6-7,9H,11H2,1-5H3/b8-6+,12-10?. The third-order valence-electron chi connectivity index (χ3n) is 1.57. The Kier molecular flexibility index (Phi) is 5.39. The zero-order valence-electron chi connectivity index (χ0n) is 9.16. The molecule has 76 valence electrons. The Hall–Kier alpha value is -0.830. The molecule has 2 N–H and O–H groups in total. The van der Waals surface area contributed by atoms with E-state index in [4.69, 9.17) is 10.5 Å². The van der Waals surface area contributed by atoms with Crippen molar-refractivity contribution in [3.8, 4) is 0 Å². The van der Waals surface area contributed by atoms with E-state index in [1.165, 1.54) is 0 Å². The number of hydrogen-bond donors (Lipinski definition) is 1. The van der Waals surface area contributed by atoms with Gasteiger partial charge in [0, 0.05) is 19.2 Å². The molecule has 0 aromatic heterocycles. The summed E-state index contributed by atoms with van der Waals surface area (Å²) in [5.41, 5.74) is 6.69. The first kappa shape index (κ1) is 12.2. The van der Waals surface area contributed by atoms with Crippen LogP contribution < -0.4 is 5.73 Å². The van der Waals surface area contributed by atoms with E-state index in [9.17, 15) is 0 Å². The summed E-state index contributed by atoms with van der Waals surface area (Å²) >= 11 is 0. The van der Waals surface area contributed by atoms with Crippen LogP contribution in [0.2, 0.25) is 0 Å². The molecule has 0 aliphatic rings. The molecule has 0 spiro atoms. The minimum absolute atomic E-state index is 0.0515. The highest BCUT2D eigenvalue weighted by Crippen LogP contribution is 1.99. The summed E-state index contributed by atoms with van der Waals surface area (Å²) < 4.78 is 5.34. The van der Waals surface area contributed by atoms with E-state index < -0.39 is 0 Å². The lowest BCUT2D eigenvalue weighted by Crippen LogP contribution is -2.15. The van der Waals surface area contributed by atoms with Crippen LogP contribution in [0.3, 0.4) is 0 Å². The molecule has 0 fully saturated rings. The lowest BCUT2D eigenvalue weighted by molar-refractivity contribution is 0.226. The predicted molar refractivity (Wildman–Crippen MR) is 56.7 cm³/mol. The van der Waals surface area contributed by atoms with Gasteiger partial charge in [0.05, 0.1) is 6.10 Å². The van der Waals surface area contributed by atoms with Crippen molar-refractivity contribution >= 4 is 5.90 Å². The van der Waals surface area contributed by atoms with Crippen molar-refractivity contribution in [1.82, 2.24) is 0 Å². The average Bonchev–Trinajstić information content (AvgIpc) is 1.98. The normalized spacial score (nSPS) is 16.2. The molecular formula is C10H20N2O. The summed E-state index contributed by atoms with van der Waals surface area (Å²) in [7, 11) is 0. The zero-order valence-corrected chi connectivity index (χ0v) is 9.16. The van der Waals surface area contributed by atoms with Gasteiger partial charge in [0.1, 0.15) is 0 Å². The SMILES string of the molecule is CC(=N/C=C(\C)C(C)N)OC(C)C. The van der Waals surface area contributed by atoms with Gasteiger partial charge in [-0.3, -0.25) is 0 Å². The Bertz CT molecular complexity index is 205. The molecule has 0 radical (unpaired) electrons. The van der Waals surface area contributed by atoms with Gasteiger partial charge in [0.25, 0.3) is 0 Å². The quantitative estimate of drug-likeness (QED) is 0.539. The van der Waals surface area contributed by atoms with Gasteiger partial charge in [-0.1, -0.05) is 0 Å². The first-order valence-corrected chi connectivity index (χ1v) is 4.56. The highest BCUT2D eigenvalue weighted by Gasteiger charge is 1.96. The molecule has 0 saturated carbocycles. The molecule has 0 saturated heterocycles. The Labute approximate surface area is 80.7 Å². The Balaban J connectivity index is 4.16. The molecule has 0 aromatic rings. The molecule has 1 unspecified atom stereocenters. The summed E-state index contributed by atoms with van der Waals surface area (Å²) in [6, 6.07) is 0.0515. The van der Waals surface area contributed by atoms with E-state index in [0.717, 1.165) is 5.57 Å². The van der Waals surface area contributed by atoms with Gasteiger partial charge < -0.3 is 10.5 Å². The first-order valence-electron chi connectivity index (χ1n) is 4.56. The van der Waals surface area contributed by atoms with Crippen LogP contribution in [-0.2, 0) is 4.74 Å². The molecule has 0 aliphatic heterocycles. The maximum absolute atomic E-state index is 5.65. The molecule has 13 heavy (non-hydrogen) atoms. The predicted octanol–water partition coefficient (Wildman–Crippen LogP) is 2.08. The van der Waals surface area contributed by atoms with E-state index in [1.54, 1.807) is 6.20 Å². The van der Waals surface area contributed by atoms with E-state index in [2.05, 4.69) is 4.99 Å². The van der Waals surface area contributed by atoms with Crippen molar-refractivity contribution in [2.45, 2.75) is 46.8 Å². The molecule has 0 bridgehead atoms. The summed E-state index contributed by atoms with van der Waals surface area (Å²) in [4.78, 5) is 4.14. The fourth-order valence-corrected chi connectivity index (χ4v) is 0.682. The average molecular weight is 184 g/mol. The van der Waals surface area contributed by atoms with E-state index in [-0.39, 0.29) is 12.1 Å². The van der Waals surface area contributed by atoms with Crippen molar-refractivity contribution in [2.75, 3.05) is 0 Å². The van der Waals surface area contributed by atoms with Crippen LogP contribution in [0.1, 0.15) is 34.6 Å². The van der Waals surface area contributed by atoms with Gasteiger partial charge in [-0.2, -0.15) is 0 Å². The lowest BCUT2D eigenvalue weighted by atomic mass is 10.2. The number of aliphatic imine (C=N–C) groups is 1. The fraction of sp³-hybridized carbons (Fsp3) is 0.700. The van der Waals surface area contributed by atoms with Gasteiger partial charge in [0.15, 0.2) is 5.90 Å². The van der Waals surface area contributed by atoms with Crippen molar-refractivity contribution < 1.29 is 4.74 Å². The Morgan fingerprint density at radius 1 is 1.31 bits per heavy atom. The van der Waals surface area contributed by atoms with Crippen molar-refractivity contribution in [3.63, 3.8) is 0 Å². The van der Waals surface area contributed by atoms with E-state index in [0.29, 0.717) is 5.90 Å². The number of hydrogen-bond acceptors (Lipinski definition) is 3. The van der Waals surface area contributed by atoms with E-state index >= 15 is 0 Å². The van der Waals surface area contributed by atoms with Crippen LogP contribution in [0.4, 0.5) is 0 Å². The van der Waals surface area contributed by atoms with Gasteiger partial charge in [-0.15, -0.1) is 0 Å². The minimum atomic E-state index is 0.0515. The third-order valence-corrected chi connectivity index (χ3v) is 1.57. The summed E-state index contributed by atoms with van der Waals surface area (Å²) in [5.74, 6) is 0.676. The van der Waals surface area contributed by atoms with Gasteiger partial charge >= 0.3 is 0 Å². The largest absolute Gasteiger partial charge is 0.478 e. The molecule has 3 heteroatoms. The second kappa shape index (κ2) is 5.75. The van der Waals surface area contributed by atoms with Gasteiger partial charge in [-0.05, 0) is 33.3 Å². The van der Waals surface area contributed by atoms with Gasteiger partial charge in [0.2, 0.25) is 0 Å². The molecule has 1 atom stereocenters. The highest BCUT2D eigenvalue weighted by molar-refractivity contribution is 5.73. The van der Waals surface area contributed by atoms with E-state index in [1.807, 2.05) is 34.6 Å². The third kappa shape index (κ3) is 6.34. The molecule has 0 aliphatic carbocycles. The van der Waals surface area contributed by atoms with Gasteiger partial charge in [-0.25, -0.2) is 4.99 Å². The molecule has 0 heterocycles. The van der Waals surface area contributed by atoms with Crippen LogP contribution in [-0.4, -0.2) is 18.0 Å². The first-order chi connectivity index (χ1) is 5.93. The van der Waals surface area contributed by atoms with Crippen LogP contribution in [0.5, 0.6) is 0 Å². The fourth-order valence-electron chi connectivity index (χ4n) is 0.682. The maximum atomic E-state index is 5.65. The van der Waals surface area contributed by atoms with Crippen LogP contribution >= 0.6 is 0 Å². The van der Waals surface area contributed by atoms with Crippen LogP contribution in [0, 0.1) is 0 Å². The van der Waals surface area contributed by atoms with Crippen molar-refractivity contribution in [1.29, 1.82) is 0 Å². The smallest absolute Gasteiger partial charge is 0.184 e. The molecular weight excluding hydrogens is 164 g/mol. The lowest BCUT2D eigenvalue weighted by Gasteiger charge is -2.08. The number of ether oxygens (including phenoxy) is 1. The summed E-state index contributed by atoms with van der Waals surface area (Å²) in [5, 5.41) is 0. The second-order valence-corrected chi connectivity index (χ2v) is 3.48. The Morgan fingerprint density at radius 3 is 2.23 bits per heavy atom. The molecule has 3 nitrogen and oxygen atoms in total. The minimum Gasteiger partial charge on any atom is -0.478 e. The van der Waals surface area contributed by atoms with Crippen LogP contribution in [0.15, 0.2) is 16.8 Å². The highest BCUT2D eigenvalue weighted by atomic mass is 16.5. The monoisotopic (exact) mass is 184 g/mol. The molecule has 0 rings (SSSR count). The maximum Gasteiger partial charge on any atom is 0.184 e. The molecule has 0 amide bonds. The number of rotatable bonds is 3.